The van der Waals surface area contributed by atoms with Crippen molar-refractivity contribution in [2.75, 3.05) is 18.8 Å². The van der Waals surface area contributed by atoms with Crippen LogP contribution >= 0.6 is 0 Å². The minimum absolute atomic E-state index is 0.0794. The third-order valence-electron chi connectivity index (χ3n) is 4.09. The molecular weight excluding hydrogens is 314 g/mol. The van der Waals surface area contributed by atoms with Gasteiger partial charge in [0, 0.05) is 32.0 Å². The van der Waals surface area contributed by atoms with Gasteiger partial charge < -0.3 is 5.32 Å². The van der Waals surface area contributed by atoms with Crippen LogP contribution in [-0.2, 0) is 21.4 Å². The van der Waals surface area contributed by atoms with Gasteiger partial charge in [-0.2, -0.15) is 0 Å². The summed E-state index contributed by atoms with van der Waals surface area (Å²) >= 11 is 0. The Kier molecular flexibility index (Phi) is 6.53. The van der Waals surface area contributed by atoms with E-state index in [1.165, 1.54) is 4.31 Å². The lowest BCUT2D eigenvalue weighted by Crippen LogP contribution is -2.46. The minimum atomic E-state index is -3.24. The summed E-state index contributed by atoms with van der Waals surface area (Å²) in [6.45, 7) is 3.22. The summed E-state index contributed by atoms with van der Waals surface area (Å²) in [5.74, 6) is -0.172. The highest BCUT2D eigenvalue weighted by Crippen LogP contribution is 2.20. The van der Waals surface area contributed by atoms with Crippen LogP contribution in [0.5, 0.6) is 0 Å². The Morgan fingerprint density at radius 1 is 1.48 bits per heavy atom. The maximum atomic E-state index is 12.3. The minimum Gasteiger partial charge on any atom is -0.352 e. The van der Waals surface area contributed by atoms with Crippen molar-refractivity contribution in [1.82, 2.24) is 14.6 Å². The molecule has 1 aromatic heterocycles. The number of piperidine rings is 1. The number of hydrogen-bond donors (Lipinski definition) is 1. The predicted molar refractivity (Wildman–Crippen MR) is 89.1 cm³/mol. The third-order valence-corrected chi connectivity index (χ3v) is 6.02. The van der Waals surface area contributed by atoms with Crippen molar-refractivity contribution >= 4 is 15.9 Å². The van der Waals surface area contributed by atoms with Gasteiger partial charge in [-0.05, 0) is 30.9 Å². The van der Waals surface area contributed by atoms with Gasteiger partial charge in [0.05, 0.1) is 11.7 Å². The second kappa shape index (κ2) is 8.40. The first-order valence-corrected chi connectivity index (χ1v) is 9.78. The maximum absolute atomic E-state index is 12.3. The van der Waals surface area contributed by atoms with E-state index in [1.807, 2.05) is 19.1 Å². The number of pyridine rings is 1. The van der Waals surface area contributed by atoms with E-state index >= 15 is 0 Å². The molecule has 1 fully saturated rings. The number of aromatic nitrogens is 1. The Labute approximate surface area is 138 Å². The number of sulfonamides is 1. The van der Waals surface area contributed by atoms with Crippen LogP contribution in [0, 0.1) is 5.92 Å². The fourth-order valence-electron chi connectivity index (χ4n) is 2.70. The molecule has 1 aromatic rings. The second-order valence-corrected chi connectivity index (χ2v) is 8.03. The number of amides is 1. The van der Waals surface area contributed by atoms with Crippen molar-refractivity contribution in [2.45, 2.75) is 39.2 Å². The van der Waals surface area contributed by atoms with Gasteiger partial charge in [-0.1, -0.05) is 19.4 Å². The van der Waals surface area contributed by atoms with Gasteiger partial charge in [0.1, 0.15) is 0 Å². The molecule has 0 aromatic carbocycles. The van der Waals surface area contributed by atoms with Crippen molar-refractivity contribution in [3.63, 3.8) is 0 Å². The first kappa shape index (κ1) is 17.9. The maximum Gasteiger partial charge on any atom is 0.224 e. The van der Waals surface area contributed by atoms with E-state index in [2.05, 4.69) is 10.3 Å². The van der Waals surface area contributed by atoms with Crippen LogP contribution in [0.3, 0.4) is 0 Å². The largest absolute Gasteiger partial charge is 0.352 e. The van der Waals surface area contributed by atoms with E-state index in [1.54, 1.807) is 12.4 Å². The van der Waals surface area contributed by atoms with Gasteiger partial charge in [-0.25, -0.2) is 12.7 Å². The Morgan fingerprint density at radius 3 is 3.00 bits per heavy atom. The first-order chi connectivity index (χ1) is 11.0. The molecular formula is C16H25N3O3S. The van der Waals surface area contributed by atoms with Crippen LogP contribution in [0.4, 0.5) is 0 Å². The van der Waals surface area contributed by atoms with Gasteiger partial charge in [0.25, 0.3) is 0 Å². The number of rotatable bonds is 7. The first-order valence-electron chi connectivity index (χ1n) is 8.17. The Balaban J connectivity index is 1.88. The number of unbranched alkanes of at least 4 members (excludes halogenated alkanes) is 1. The highest BCUT2D eigenvalue weighted by atomic mass is 32.2. The number of hydrogen-bond acceptors (Lipinski definition) is 4. The molecule has 0 bridgehead atoms. The van der Waals surface area contributed by atoms with Crippen molar-refractivity contribution in [1.29, 1.82) is 0 Å². The fourth-order valence-corrected chi connectivity index (χ4v) is 4.43. The smallest absolute Gasteiger partial charge is 0.224 e. The molecule has 1 saturated heterocycles. The van der Waals surface area contributed by atoms with Crippen molar-refractivity contribution in [3.8, 4) is 0 Å². The summed E-state index contributed by atoms with van der Waals surface area (Å²) in [5.41, 5.74) is 0.934. The van der Waals surface area contributed by atoms with Crippen LogP contribution in [-0.4, -0.2) is 42.5 Å². The number of nitrogens with one attached hydrogen (secondary N) is 1. The lowest BCUT2D eigenvalue weighted by molar-refractivity contribution is -0.126. The predicted octanol–water partition coefficient (Wildman–Crippen LogP) is 1.54. The zero-order valence-electron chi connectivity index (χ0n) is 13.6. The van der Waals surface area contributed by atoms with E-state index in [4.69, 9.17) is 0 Å². The zero-order chi connectivity index (χ0) is 16.7. The third kappa shape index (κ3) is 5.28. The average molecular weight is 339 g/mol. The molecule has 2 rings (SSSR count). The van der Waals surface area contributed by atoms with Gasteiger partial charge in [-0.15, -0.1) is 0 Å². The zero-order valence-corrected chi connectivity index (χ0v) is 14.4. The molecule has 128 valence electrons. The molecule has 0 aliphatic carbocycles. The number of carbonyl (C=O) groups is 1. The number of nitrogens with zero attached hydrogens (tertiary/aromatic N) is 2. The molecule has 1 amide bonds. The quantitative estimate of drug-likeness (QED) is 0.817. The van der Waals surface area contributed by atoms with E-state index in [0.29, 0.717) is 26.1 Å². The lowest BCUT2D eigenvalue weighted by atomic mass is 9.99. The van der Waals surface area contributed by atoms with E-state index in [0.717, 1.165) is 24.8 Å². The highest BCUT2D eigenvalue weighted by Gasteiger charge is 2.31. The van der Waals surface area contributed by atoms with Crippen LogP contribution in [0.25, 0.3) is 0 Å². The fraction of sp³-hybridized carbons (Fsp3) is 0.625. The second-order valence-electron chi connectivity index (χ2n) is 5.95. The standard InChI is InChI=1S/C16H25N3O3S/c1-2-3-10-23(21,22)19-9-5-7-15(13-19)16(20)18-12-14-6-4-8-17-11-14/h4,6,8,11,15H,2-3,5,7,9-10,12-13H2,1H3,(H,18,20)/t15-/m0/s1. The molecule has 1 atom stereocenters. The molecule has 0 saturated carbocycles. The molecule has 2 heterocycles. The molecule has 0 radical (unpaired) electrons. The molecule has 6 nitrogen and oxygen atoms in total. The van der Waals surface area contributed by atoms with E-state index < -0.39 is 10.0 Å². The molecule has 1 N–H and O–H groups in total. The molecule has 1 aliphatic heterocycles. The summed E-state index contributed by atoms with van der Waals surface area (Å²) in [5, 5.41) is 2.88. The van der Waals surface area contributed by atoms with Gasteiger partial charge in [0.2, 0.25) is 15.9 Å². The van der Waals surface area contributed by atoms with Crippen molar-refractivity contribution in [2.24, 2.45) is 5.92 Å². The summed E-state index contributed by atoms with van der Waals surface area (Å²) in [4.78, 5) is 16.3. The van der Waals surface area contributed by atoms with Gasteiger partial charge >= 0.3 is 0 Å². The molecule has 0 unspecified atom stereocenters. The van der Waals surface area contributed by atoms with Crippen molar-refractivity contribution in [3.05, 3.63) is 30.1 Å². The van der Waals surface area contributed by atoms with Gasteiger partial charge in [0.15, 0.2) is 0 Å². The Morgan fingerprint density at radius 2 is 2.30 bits per heavy atom. The topological polar surface area (TPSA) is 79.4 Å². The van der Waals surface area contributed by atoms with E-state index in [-0.39, 0.29) is 17.6 Å². The van der Waals surface area contributed by atoms with Crippen LogP contribution < -0.4 is 5.32 Å². The van der Waals surface area contributed by atoms with E-state index in [9.17, 15) is 13.2 Å². The normalized spacial score (nSPS) is 19.4. The summed E-state index contributed by atoms with van der Waals surface area (Å²) < 4.78 is 26.0. The molecule has 23 heavy (non-hydrogen) atoms. The summed E-state index contributed by atoms with van der Waals surface area (Å²) in [6.07, 6.45) is 6.38. The summed E-state index contributed by atoms with van der Waals surface area (Å²) in [7, 11) is -3.24. The molecule has 1 aliphatic rings. The lowest BCUT2D eigenvalue weighted by Gasteiger charge is -2.31. The Hall–Kier alpha value is -1.47. The van der Waals surface area contributed by atoms with Crippen LogP contribution in [0.2, 0.25) is 0 Å². The monoisotopic (exact) mass is 339 g/mol. The summed E-state index contributed by atoms with van der Waals surface area (Å²) in [6, 6.07) is 3.72. The average Bonchev–Trinajstić information content (AvgIpc) is 2.59. The Bertz CT molecular complexity index is 604. The van der Waals surface area contributed by atoms with Crippen LogP contribution in [0.1, 0.15) is 38.2 Å². The molecule has 0 spiro atoms. The SMILES string of the molecule is CCCCS(=O)(=O)N1CCC[C@H](C(=O)NCc2cccnc2)C1. The molecule has 7 heteroatoms. The van der Waals surface area contributed by atoms with Crippen LogP contribution in [0.15, 0.2) is 24.5 Å². The number of carbonyl (C=O) groups excluding carboxylic acids is 1. The van der Waals surface area contributed by atoms with Crippen molar-refractivity contribution < 1.29 is 13.2 Å². The van der Waals surface area contributed by atoms with Gasteiger partial charge in [-0.3, -0.25) is 9.78 Å². The highest BCUT2D eigenvalue weighted by molar-refractivity contribution is 7.89.